The van der Waals surface area contributed by atoms with Crippen molar-refractivity contribution in [2.24, 2.45) is 7.05 Å². The zero-order valence-electron chi connectivity index (χ0n) is 16.7. The molecule has 0 amide bonds. The van der Waals surface area contributed by atoms with Gasteiger partial charge in [0.1, 0.15) is 7.05 Å². The maximum absolute atomic E-state index is 2.47. The zero-order chi connectivity index (χ0) is 18.6. The van der Waals surface area contributed by atoms with Crippen LogP contribution >= 0.6 is 0 Å². The minimum Gasteiger partial charge on any atom is -0.201 e. The van der Waals surface area contributed by atoms with Crippen molar-refractivity contribution in [3.63, 3.8) is 0 Å². The average Bonchev–Trinajstić information content (AvgIpc) is 2.83. The molecule has 2 aromatic carbocycles. The highest BCUT2D eigenvalue weighted by atomic mass is 14.9. The Labute approximate surface area is 157 Å². The molecule has 0 saturated heterocycles. The maximum Gasteiger partial charge on any atom is 0.213 e. The fraction of sp³-hybridized carbons (Fsp3) is 0.320. The standard InChI is InChI=1S/C25H28N/c1-16(2)19-15-21-24(18-11-7-8-12-20(18)25(21,4)5)23(17(19)3)22-13-9-10-14-26(22)6/h7-16H,1-6H3/q+1. The van der Waals surface area contributed by atoms with Crippen LogP contribution in [0.25, 0.3) is 22.4 Å². The number of rotatable bonds is 2. The number of benzene rings is 2. The van der Waals surface area contributed by atoms with E-state index in [2.05, 4.69) is 101 Å². The summed E-state index contributed by atoms with van der Waals surface area (Å²) in [6.07, 6.45) is 2.15. The van der Waals surface area contributed by atoms with E-state index >= 15 is 0 Å². The van der Waals surface area contributed by atoms with Crippen LogP contribution in [0.4, 0.5) is 0 Å². The highest BCUT2D eigenvalue weighted by molar-refractivity contribution is 5.93. The Morgan fingerprint density at radius 2 is 1.58 bits per heavy atom. The van der Waals surface area contributed by atoms with Crippen molar-refractivity contribution >= 4 is 0 Å². The number of hydrogen-bond donors (Lipinski definition) is 0. The summed E-state index contributed by atoms with van der Waals surface area (Å²) < 4.78 is 2.25. The molecule has 1 heteroatoms. The summed E-state index contributed by atoms with van der Waals surface area (Å²) >= 11 is 0. The molecular weight excluding hydrogens is 314 g/mol. The molecular formula is C25H28N+. The highest BCUT2D eigenvalue weighted by Crippen LogP contribution is 2.53. The molecule has 0 bridgehead atoms. The zero-order valence-corrected chi connectivity index (χ0v) is 16.7. The van der Waals surface area contributed by atoms with Crippen LogP contribution in [0.1, 0.15) is 55.9 Å². The van der Waals surface area contributed by atoms with Gasteiger partial charge >= 0.3 is 0 Å². The van der Waals surface area contributed by atoms with Crippen molar-refractivity contribution < 1.29 is 4.57 Å². The van der Waals surface area contributed by atoms with Crippen LogP contribution in [-0.4, -0.2) is 0 Å². The van der Waals surface area contributed by atoms with Gasteiger partial charge in [-0.3, -0.25) is 0 Å². The van der Waals surface area contributed by atoms with Gasteiger partial charge in [-0.2, -0.15) is 0 Å². The van der Waals surface area contributed by atoms with E-state index in [-0.39, 0.29) is 5.41 Å². The molecule has 1 aromatic heterocycles. The SMILES string of the molecule is Cc1c(C(C)C)cc2c(c1-c1cccc[n+]1C)-c1ccccc1C2(C)C. The third-order valence-electron chi connectivity index (χ3n) is 6.10. The first-order valence-corrected chi connectivity index (χ1v) is 9.57. The Bertz CT molecular complexity index is 1010. The average molecular weight is 343 g/mol. The molecule has 1 nitrogen and oxygen atoms in total. The van der Waals surface area contributed by atoms with Crippen LogP contribution in [0.3, 0.4) is 0 Å². The lowest BCUT2D eigenvalue weighted by molar-refractivity contribution is -0.660. The normalized spacial score (nSPS) is 14.4. The summed E-state index contributed by atoms with van der Waals surface area (Å²) in [4.78, 5) is 0. The van der Waals surface area contributed by atoms with Gasteiger partial charge in [-0.05, 0) is 46.7 Å². The van der Waals surface area contributed by atoms with Crippen LogP contribution in [0.2, 0.25) is 0 Å². The van der Waals surface area contributed by atoms with E-state index in [9.17, 15) is 0 Å². The summed E-state index contributed by atoms with van der Waals surface area (Å²) in [5.41, 5.74) is 11.3. The molecule has 4 rings (SSSR count). The van der Waals surface area contributed by atoms with Gasteiger partial charge in [0.05, 0.1) is 5.56 Å². The van der Waals surface area contributed by atoms with Gasteiger partial charge in [-0.25, -0.2) is 4.57 Å². The fourth-order valence-corrected chi connectivity index (χ4v) is 4.67. The van der Waals surface area contributed by atoms with E-state index < -0.39 is 0 Å². The van der Waals surface area contributed by atoms with Gasteiger partial charge in [-0.15, -0.1) is 0 Å². The minimum atomic E-state index is 0.0331. The predicted molar refractivity (Wildman–Crippen MR) is 109 cm³/mol. The highest BCUT2D eigenvalue weighted by Gasteiger charge is 2.39. The Morgan fingerprint density at radius 1 is 0.885 bits per heavy atom. The Hall–Kier alpha value is -2.41. The van der Waals surface area contributed by atoms with Crippen molar-refractivity contribution in [3.8, 4) is 22.4 Å². The first-order valence-electron chi connectivity index (χ1n) is 9.57. The van der Waals surface area contributed by atoms with Crippen molar-refractivity contribution in [2.45, 2.75) is 46.0 Å². The molecule has 0 fully saturated rings. The quantitative estimate of drug-likeness (QED) is 0.509. The number of aryl methyl sites for hydroxylation is 1. The second-order valence-corrected chi connectivity index (χ2v) is 8.41. The molecule has 0 aliphatic heterocycles. The first kappa shape index (κ1) is 17.0. The molecule has 0 atom stereocenters. The fourth-order valence-electron chi connectivity index (χ4n) is 4.67. The molecule has 1 aliphatic rings. The minimum absolute atomic E-state index is 0.0331. The Balaban J connectivity index is 2.19. The van der Waals surface area contributed by atoms with Gasteiger partial charge in [0.2, 0.25) is 5.69 Å². The van der Waals surface area contributed by atoms with Crippen LogP contribution in [0, 0.1) is 6.92 Å². The molecule has 0 spiro atoms. The largest absolute Gasteiger partial charge is 0.213 e. The van der Waals surface area contributed by atoms with E-state index in [1.807, 2.05) is 0 Å². The van der Waals surface area contributed by atoms with Crippen molar-refractivity contribution in [1.82, 2.24) is 0 Å². The second kappa shape index (κ2) is 5.81. The van der Waals surface area contributed by atoms with Crippen LogP contribution < -0.4 is 4.57 Å². The Kier molecular flexibility index (Phi) is 3.80. The summed E-state index contributed by atoms with van der Waals surface area (Å²) in [6.45, 7) is 11.6. The number of nitrogens with zero attached hydrogens (tertiary/aromatic N) is 1. The molecule has 1 heterocycles. The van der Waals surface area contributed by atoms with Crippen LogP contribution in [0.5, 0.6) is 0 Å². The molecule has 132 valence electrons. The van der Waals surface area contributed by atoms with Gasteiger partial charge in [0.15, 0.2) is 6.20 Å². The molecule has 0 radical (unpaired) electrons. The summed E-state index contributed by atoms with van der Waals surface area (Å²) in [7, 11) is 2.15. The number of aromatic nitrogens is 1. The lowest BCUT2D eigenvalue weighted by Crippen LogP contribution is -2.30. The third kappa shape index (κ3) is 2.26. The first-order chi connectivity index (χ1) is 12.3. The smallest absolute Gasteiger partial charge is 0.201 e. The molecule has 3 aromatic rings. The molecule has 26 heavy (non-hydrogen) atoms. The van der Waals surface area contributed by atoms with Crippen LogP contribution in [-0.2, 0) is 12.5 Å². The van der Waals surface area contributed by atoms with Crippen molar-refractivity contribution in [2.75, 3.05) is 0 Å². The van der Waals surface area contributed by atoms with Crippen molar-refractivity contribution in [3.05, 3.63) is 77.0 Å². The van der Waals surface area contributed by atoms with Gasteiger partial charge in [-0.1, -0.05) is 58.0 Å². The maximum atomic E-state index is 2.47. The summed E-state index contributed by atoms with van der Waals surface area (Å²) in [5, 5.41) is 0. The molecule has 0 unspecified atom stereocenters. The lowest BCUT2D eigenvalue weighted by Gasteiger charge is -2.24. The topological polar surface area (TPSA) is 3.88 Å². The van der Waals surface area contributed by atoms with Crippen LogP contribution in [0.15, 0.2) is 54.7 Å². The van der Waals surface area contributed by atoms with Crippen molar-refractivity contribution in [1.29, 1.82) is 0 Å². The van der Waals surface area contributed by atoms with E-state index in [1.165, 1.54) is 44.6 Å². The van der Waals surface area contributed by atoms with Gasteiger partial charge < -0.3 is 0 Å². The van der Waals surface area contributed by atoms with Gasteiger partial charge in [0, 0.05) is 23.1 Å². The van der Waals surface area contributed by atoms with E-state index in [1.54, 1.807) is 0 Å². The Morgan fingerprint density at radius 3 is 2.27 bits per heavy atom. The van der Waals surface area contributed by atoms with E-state index in [0.717, 1.165) is 0 Å². The molecule has 0 N–H and O–H groups in total. The third-order valence-corrected chi connectivity index (χ3v) is 6.10. The second-order valence-electron chi connectivity index (χ2n) is 8.41. The van der Waals surface area contributed by atoms with E-state index in [0.29, 0.717) is 5.92 Å². The summed E-state index contributed by atoms with van der Waals surface area (Å²) in [5.74, 6) is 0.507. The number of fused-ring (bicyclic) bond motifs is 3. The monoisotopic (exact) mass is 342 g/mol. The predicted octanol–water partition coefficient (Wildman–Crippen LogP) is 5.92. The lowest BCUT2D eigenvalue weighted by atomic mass is 9.79. The molecule has 1 aliphatic carbocycles. The van der Waals surface area contributed by atoms with E-state index in [4.69, 9.17) is 0 Å². The summed E-state index contributed by atoms with van der Waals surface area (Å²) in [6, 6.07) is 17.9. The number of hydrogen-bond acceptors (Lipinski definition) is 0. The van der Waals surface area contributed by atoms with Gasteiger partial charge in [0.25, 0.3) is 0 Å². The molecule has 0 saturated carbocycles. The number of pyridine rings is 1.